The van der Waals surface area contributed by atoms with Crippen LogP contribution in [-0.4, -0.2) is 47.2 Å². The van der Waals surface area contributed by atoms with E-state index in [-0.39, 0.29) is 24.3 Å². The first-order chi connectivity index (χ1) is 15.4. The van der Waals surface area contributed by atoms with Crippen molar-refractivity contribution in [2.24, 2.45) is 16.4 Å². The number of nitrogens with zero attached hydrogens (tertiary/aromatic N) is 3. The van der Waals surface area contributed by atoms with Gasteiger partial charge in [0.1, 0.15) is 17.6 Å². The van der Waals surface area contributed by atoms with Gasteiger partial charge < -0.3 is 10.1 Å². The zero-order valence-corrected chi connectivity index (χ0v) is 20.9. The van der Waals surface area contributed by atoms with Crippen molar-refractivity contribution in [2.45, 2.75) is 66.8 Å². The number of allylic oxidation sites excluding steroid dienone is 1. The van der Waals surface area contributed by atoms with Crippen LogP contribution in [0.1, 0.15) is 68.8 Å². The minimum atomic E-state index is -0.649. The number of carbonyl (C=O) groups excluding carboxylic acids is 2. The molecular weight excluding hydrogens is 444 g/mol. The summed E-state index contributed by atoms with van der Waals surface area (Å²) in [5.41, 5.74) is 2.04. The fourth-order valence-electron chi connectivity index (χ4n) is 4.42. The fraction of sp³-hybridized carbons (Fsp3) is 0.609. The maximum absolute atomic E-state index is 12.9. The van der Waals surface area contributed by atoms with Gasteiger partial charge in [-0.1, -0.05) is 20.8 Å². The fourth-order valence-corrected chi connectivity index (χ4v) is 5.75. The number of carbonyl (C=O) groups is 2. The Morgan fingerprint density at radius 3 is 2.70 bits per heavy atom. The summed E-state index contributed by atoms with van der Waals surface area (Å²) in [5, 5.41) is 20.3. The highest BCUT2D eigenvalue weighted by atomic mass is 32.1. The van der Waals surface area contributed by atoms with E-state index in [1.165, 1.54) is 22.6 Å². The minimum absolute atomic E-state index is 0.0184. The summed E-state index contributed by atoms with van der Waals surface area (Å²) in [6, 6.07) is -0.649. The molecule has 1 aliphatic heterocycles. The number of amides is 1. The lowest BCUT2D eigenvalue weighted by atomic mass is 9.72. The summed E-state index contributed by atoms with van der Waals surface area (Å²) in [6.07, 6.45) is 3.99. The highest BCUT2D eigenvalue weighted by Crippen LogP contribution is 2.44. The number of hydrogen-bond donors (Lipinski definition) is 1. The van der Waals surface area contributed by atoms with Crippen molar-refractivity contribution < 1.29 is 19.2 Å². The van der Waals surface area contributed by atoms with Gasteiger partial charge in [0.15, 0.2) is 0 Å². The average molecular weight is 477 g/mol. The van der Waals surface area contributed by atoms with E-state index >= 15 is 0 Å². The van der Waals surface area contributed by atoms with Gasteiger partial charge in [0.2, 0.25) is 5.91 Å². The van der Waals surface area contributed by atoms with Gasteiger partial charge in [-0.15, -0.1) is 11.3 Å². The molecule has 2 aliphatic rings. The molecule has 1 aliphatic carbocycles. The molecule has 1 amide bonds. The zero-order valence-electron chi connectivity index (χ0n) is 20.1. The molecule has 2 heterocycles. The Morgan fingerprint density at radius 1 is 1.39 bits per heavy atom. The van der Waals surface area contributed by atoms with Crippen LogP contribution in [0.3, 0.4) is 0 Å². The summed E-state index contributed by atoms with van der Waals surface area (Å²) < 4.78 is 5.29. The molecule has 0 bridgehead atoms. The van der Waals surface area contributed by atoms with Crippen LogP contribution in [0.2, 0.25) is 0 Å². The summed E-state index contributed by atoms with van der Waals surface area (Å²) in [4.78, 5) is 37.7. The number of anilines is 1. The van der Waals surface area contributed by atoms with Crippen molar-refractivity contribution in [2.75, 3.05) is 18.5 Å². The van der Waals surface area contributed by atoms with Crippen molar-refractivity contribution >= 4 is 34.4 Å². The lowest BCUT2D eigenvalue weighted by molar-refractivity contribution is -0.433. The summed E-state index contributed by atoms with van der Waals surface area (Å²) in [6.45, 7) is 11.8. The molecule has 0 unspecified atom stereocenters. The molecule has 10 heteroatoms. The number of fused-ring (bicyclic) bond motifs is 1. The topological polar surface area (TPSA) is 114 Å². The monoisotopic (exact) mass is 476 g/mol. The molecule has 2 atom stereocenters. The number of nitro groups is 1. The Bertz CT molecular complexity index is 1020. The standard InChI is InChI=1S/C23H32N4O5S/c1-7-32-22(29)19-16-9-8-15(23(4,5)6)10-17(16)33-21(19)25-18(28)12-26-14(3)20(27(30)31)13(2)11-24-26/h11,14-15H,7-10,12H2,1-6H3,(H,25,28)/t14-,15-/m0/s1. The predicted octanol–water partition coefficient (Wildman–Crippen LogP) is 4.25. The van der Waals surface area contributed by atoms with Crippen molar-refractivity contribution in [1.82, 2.24) is 5.01 Å². The summed E-state index contributed by atoms with van der Waals surface area (Å²) in [5.74, 6) is -0.336. The normalized spacial score (nSPS) is 20.5. The second kappa shape index (κ2) is 9.62. The van der Waals surface area contributed by atoms with Gasteiger partial charge in [0, 0.05) is 10.5 Å². The Labute approximate surface area is 198 Å². The summed E-state index contributed by atoms with van der Waals surface area (Å²) >= 11 is 1.43. The van der Waals surface area contributed by atoms with E-state index in [1.54, 1.807) is 20.8 Å². The summed E-state index contributed by atoms with van der Waals surface area (Å²) in [7, 11) is 0. The first kappa shape index (κ1) is 24.9. The lowest BCUT2D eigenvalue weighted by Crippen LogP contribution is -2.40. The van der Waals surface area contributed by atoms with Crippen LogP contribution < -0.4 is 5.32 Å². The molecular formula is C23H32N4O5S. The Morgan fingerprint density at radius 2 is 2.09 bits per heavy atom. The molecule has 9 nitrogen and oxygen atoms in total. The van der Waals surface area contributed by atoms with Crippen molar-refractivity contribution in [3.8, 4) is 0 Å². The van der Waals surface area contributed by atoms with Crippen LogP contribution in [0.15, 0.2) is 16.4 Å². The van der Waals surface area contributed by atoms with E-state index < -0.39 is 22.8 Å². The molecule has 0 saturated carbocycles. The van der Waals surface area contributed by atoms with Crippen LogP contribution in [0, 0.1) is 21.4 Å². The molecule has 0 aromatic carbocycles. The third kappa shape index (κ3) is 5.26. The maximum atomic E-state index is 12.9. The second-order valence-electron chi connectivity index (χ2n) is 9.63. The van der Waals surface area contributed by atoms with Crippen molar-refractivity contribution in [3.05, 3.63) is 37.4 Å². The molecule has 180 valence electrons. The van der Waals surface area contributed by atoms with Gasteiger partial charge in [-0.05, 0) is 56.9 Å². The van der Waals surface area contributed by atoms with E-state index in [0.29, 0.717) is 22.1 Å². The largest absolute Gasteiger partial charge is 0.462 e. The number of esters is 1. The number of hydrogen-bond acceptors (Lipinski definition) is 8. The van der Waals surface area contributed by atoms with Crippen LogP contribution in [0.25, 0.3) is 0 Å². The molecule has 3 rings (SSSR count). The maximum Gasteiger partial charge on any atom is 0.341 e. The quantitative estimate of drug-likeness (QED) is 0.373. The molecule has 1 aromatic heterocycles. The van der Waals surface area contributed by atoms with Crippen LogP contribution >= 0.6 is 11.3 Å². The van der Waals surface area contributed by atoms with E-state index in [4.69, 9.17) is 4.74 Å². The molecule has 33 heavy (non-hydrogen) atoms. The Balaban J connectivity index is 1.82. The van der Waals surface area contributed by atoms with Crippen LogP contribution in [-0.2, 0) is 22.4 Å². The van der Waals surface area contributed by atoms with E-state index in [9.17, 15) is 19.7 Å². The Hall–Kier alpha value is -2.75. The van der Waals surface area contributed by atoms with Gasteiger partial charge in [0.05, 0.1) is 23.3 Å². The number of rotatable bonds is 6. The van der Waals surface area contributed by atoms with E-state index in [1.807, 2.05) is 0 Å². The number of ether oxygens (including phenoxy) is 1. The first-order valence-electron chi connectivity index (χ1n) is 11.2. The van der Waals surface area contributed by atoms with Crippen LogP contribution in [0.4, 0.5) is 5.00 Å². The number of hydrazone groups is 1. The van der Waals surface area contributed by atoms with Gasteiger partial charge in [-0.3, -0.25) is 19.9 Å². The SMILES string of the molecule is CCOC(=O)c1c(NC(=O)CN2N=CC(C)=C([N+](=O)[O-])[C@@H]2C)sc2c1CC[C@H](C(C)(C)C)C2. The average Bonchev–Trinajstić information content (AvgIpc) is 3.06. The lowest BCUT2D eigenvalue weighted by Gasteiger charge is -2.33. The molecule has 0 radical (unpaired) electrons. The molecule has 0 fully saturated rings. The Kier molecular flexibility index (Phi) is 7.26. The molecule has 1 N–H and O–H groups in total. The molecule has 0 spiro atoms. The van der Waals surface area contributed by atoms with Gasteiger partial charge in [-0.2, -0.15) is 5.10 Å². The predicted molar refractivity (Wildman–Crippen MR) is 128 cm³/mol. The number of thiophene rings is 1. The molecule has 1 aromatic rings. The van der Waals surface area contributed by atoms with E-state index in [2.05, 4.69) is 31.2 Å². The first-order valence-corrected chi connectivity index (χ1v) is 12.0. The third-order valence-corrected chi connectivity index (χ3v) is 7.54. The van der Waals surface area contributed by atoms with Crippen molar-refractivity contribution in [3.63, 3.8) is 0 Å². The zero-order chi connectivity index (χ0) is 24.5. The number of nitrogens with one attached hydrogen (secondary N) is 1. The van der Waals surface area contributed by atoms with Gasteiger partial charge in [-0.25, -0.2) is 4.79 Å². The third-order valence-electron chi connectivity index (χ3n) is 6.37. The second-order valence-corrected chi connectivity index (χ2v) is 10.7. The van der Waals surface area contributed by atoms with Gasteiger partial charge >= 0.3 is 5.97 Å². The van der Waals surface area contributed by atoms with Gasteiger partial charge in [0.25, 0.3) is 5.70 Å². The highest BCUT2D eigenvalue weighted by Gasteiger charge is 2.35. The minimum Gasteiger partial charge on any atom is -0.462 e. The highest BCUT2D eigenvalue weighted by molar-refractivity contribution is 7.17. The smallest absolute Gasteiger partial charge is 0.341 e. The molecule has 0 saturated heterocycles. The van der Waals surface area contributed by atoms with Crippen LogP contribution in [0.5, 0.6) is 0 Å². The van der Waals surface area contributed by atoms with E-state index in [0.717, 1.165) is 29.7 Å². The van der Waals surface area contributed by atoms with Crippen molar-refractivity contribution in [1.29, 1.82) is 0 Å².